The molecule has 1 atom stereocenters. The molecule has 1 unspecified atom stereocenters. The normalized spacial score (nSPS) is 17.9. The summed E-state index contributed by atoms with van der Waals surface area (Å²) in [4.78, 5) is 11.9. The molecule has 1 aromatic rings. The third-order valence-electron chi connectivity index (χ3n) is 3.72. The van der Waals surface area contributed by atoms with Crippen LogP contribution in [0.3, 0.4) is 0 Å². The second kappa shape index (κ2) is 8.00. The highest BCUT2D eigenvalue weighted by molar-refractivity contribution is 5.92. The Bertz CT molecular complexity index is 471. The number of nitrogens with one attached hydrogen (secondary N) is 1. The summed E-state index contributed by atoms with van der Waals surface area (Å²) in [6.07, 6.45) is 2.26. The zero-order chi connectivity index (χ0) is 15.1. The Hall–Kier alpha value is -1.59. The van der Waals surface area contributed by atoms with Gasteiger partial charge in [0.25, 0.3) is 0 Å². The molecule has 2 rings (SSSR count). The summed E-state index contributed by atoms with van der Waals surface area (Å²) in [7, 11) is 0. The molecule has 1 aliphatic heterocycles. The lowest BCUT2D eigenvalue weighted by Crippen LogP contribution is -2.15. The first-order chi connectivity index (χ1) is 10.2. The molecule has 5 nitrogen and oxygen atoms in total. The third-order valence-corrected chi connectivity index (χ3v) is 3.72. The van der Waals surface area contributed by atoms with Gasteiger partial charge >= 0.3 is 0 Å². The predicted molar refractivity (Wildman–Crippen MR) is 83.2 cm³/mol. The summed E-state index contributed by atoms with van der Waals surface area (Å²) >= 11 is 0. The van der Waals surface area contributed by atoms with E-state index in [1.165, 1.54) is 0 Å². The fourth-order valence-electron chi connectivity index (χ4n) is 2.30. The highest BCUT2D eigenvalue weighted by atomic mass is 16.5. The summed E-state index contributed by atoms with van der Waals surface area (Å²) in [5, 5.41) is 2.89. The number of nitrogens with two attached hydrogens (primary N) is 1. The zero-order valence-corrected chi connectivity index (χ0v) is 12.6. The molecule has 1 saturated heterocycles. The standard InChI is InChI=1S/C16H24N2O3/c1-12-14(17)4-2-5-15(12)18-16(19)6-3-8-20-10-13-7-9-21-11-13/h2,4-5,13H,3,6-11,17H2,1H3,(H,18,19). The number of amides is 1. The Kier molecular flexibility index (Phi) is 6.02. The molecule has 1 heterocycles. The van der Waals surface area contributed by atoms with Crippen LogP contribution in [-0.2, 0) is 14.3 Å². The summed E-state index contributed by atoms with van der Waals surface area (Å²) in [6, 6.07) is 5.52. The lowest BCUT2D eigenvalue weighted by Gasteiger charge is -2.11. The van der Waals surface area contributed by atoms with Crippen molar-refractivity contribution >= 4 is 17.3 Å². The topological polar surface area (TPSA) is 73.6 Å². The van der Waals surface area contributed by atoms with Crippen molar-refractivity contribution < 1.29 is 14.3 Å². The zero-order valence-electron chi connectivity index (χ0n) is 12.6. The summed E-state index contributed by atoms with van der Waals surface area (Å²) in [5.74, 6) is 0.519. The average molecular weight is 292 g/mol. The first-order valence-corrected chi connectivity index (χ1v) is 7.47. The molecule has 116 valence electrons. The molecule has 0 radical (unpaired) electrons. The maximum atomic E-state index is 11.9. The highest BCUT2D eigenvalue weighted by Crippen LogP contribution is 2.20. The third kappa shape index (κ3) is 5.02. The number of anilines is 2. The van der Waals surface area contributed by atoms with Gasteiger partial charge in [-0.25, -0.2) is 0 Å². The van der Waals surface area contributed by atoms with Crippen molar-refractivity contribution in [1.29, 1.82) is 0 Å². The minimum absolute atomic E-state index is 0.00324. The van der Waals surface area contributed by atoms with E-state index < -0.39 is 0 Å². The molecule has 0 aliphatic carbocycles. The number of hydrogen-bond acceptors (Lipinski definition) is 4. The fraction of sp³-hybridized carbons (Fsp3) is 0.562. The number of benzene rings is 1. The van der Waals surface area contributed by atoms with E-state index in [1.54, 1.807) is 0 Å². The molecule has 0 spiro atoms. The van der Waals surface area contributed by atoms with Gasteiger partial charge in [0.05, 0.1) is 13.2 Å². The van der Waals surface area contributed by atoms with Crippen molar-refractivity contribution in [3.05, 3.63) is 23.8 Å². The minimum atomic E-state index is -0.00324. The van der Waals surface area contributed by atoms with Crippen molar-refractivity contribution in [1.82, 2.24) is 0 Å². The van der Waals surface area contributed by atoms with E-state index in [1.807, 2.05) is 25.1 Å². The first kappa shape index (κ1) is 15.8. The molecule has 1 aromatic carbocycles. The van der Waals surface area contributed by atoms with E-state index in [2.05, 4.69) is 5.32 Å². The fourth-order valence-corrected chi connectivity index (χ4v) is 2.30. The molecule has 21 heavy (non-hydrogen) atoms. The van der Waals surface area contributed by atoms with Crippen LogP contribution in [0, 0.1) is 12.8 Å². The number of carbonyl (C=O) groups is 1. The van der Waals surface area contributed by atoms with E-state index in [-0.39, 0.29) is 5.91 Å². The van der Waals surface area contributed by atoms with Crippen LogP contribution in [0.25, 0.3) is 0 Å². The SMILES string of the molecule is Cc1c(N)cccc1NC(=O)CCCOCC1CCOC1. The van der Waals surface area contributed by atoms with Gasteiger partial charge in [0.15, 0.2) is 0 Å². The molecule has 0 saturated carbocycles. The maximum Gasteiger partial charge on any atom is 0.224 e. The van der Waals surface area contributed by atoms with Crippen LogP contribution in [0.1, 0.15) is 24.8 Å². The lowest BCUT2D eigenvalue weighted by molar-refractivity contribution is -0.116. The second-order valence-electron chi connectivity index (χ2n) is 5.48. The van der Waals surface area contributed by atoms with Gasteiger partial charge in [0.2, 0.25) is 5.91 Å². The number of carbonyl (C=O) groups excluding carboxylic acids is 1. The Morgan fingerprint density at radius 1 is 1.52 bits per heavy atom. The first-order valence-electron chi connectivity index (χ1n) is 7.47. The van der Waals surface area contributed by atoms with Crippen molar-refractivity contribution in [3.8, 4) is 0 Å². The smallest absolute Gasteiger partial charge is 0.224 e. The van der Waals surface area contributed by atoms with Crippen LogP contribution in [0.5, 0.6) is 0 Å². The minimum Gasteiger partial charge on any atom is -0.398 e. The number of rotatable bonds is 7. The van der Waals surface area contributed by atoms with E-state index in [0.717, 1.165) is 43.9 Å². The number of ether oxygens (including phenoxy) is 2. The Labute approximate surface area is 125 Å². The van der Waals surface area contributed by atoms with Gasteiger partial charge in [-0.1, -0.05) is 6.07 Å². The average Bonchev–Trinajstić information content (AvgIpc) is 2.97. The van der Waals surface area contributed by atoms with Gasteiger partial charge in [-0.2, -0.15) is 0 Å². The molecular weight excluding hydrogens is 268 g/mol. The van der Waals surface area contributed by atoms with Gasteiger partial charge < -0.3 is 20.5 Å². The van der Waals surface area contributed by atoms with Crippen LogP contribution >= 0.6 is 0 Å². The molecule has 0 aromatic heterocycles. The molecule has 1 aliphatic rings. The lowest BCUT2D eigenvalue weighted by atomic mass is 10.1. The molecule has 1 fully saturated rings. The second-order valence-corrected chi connectivity index (χ2v) is 5.48. The predicted octanol–water partition coefficient (Wildman–Crippen LogP) is 2.35. The quantitative estimate of drug-likeness (QED) is 0.597. The van der Waals surface area contributed by atoms with Crippen LogP contribution < -0.4 is 11.1 Å². The molecule has 3 N–H and O–H groups in total. The van der Waals surface area contributed by atoms with Crippen molar-refractivity contribution in [2.45, 2.75) is 26.2 Å². The van der Waals surface area contributed by atoms with Crippen LogP contribution in [0.15, 0.2) is 18.2 Å². The maximum absolute atomic E-state index is 11.9. The van der Waals surface area contributed by atoms with Gasteiger partial charge in [-0.05, 0) is 37.5 Å². The van der Waals surface area contributed by atoms with Crippen molar-refractivity contribution in [2.24, 2.45) is 5.92 Å². The van der Waals surface area contributed by atoms with Gasteiger partial charge in [0, 0.05) is 36.9 Å². The summed E-state index contributed by atoms with van der Waals surface area (Å²) in [6.45, 7) is 4.89. The molecule has 0 bridgehead atoms. The number of hydrogen-bond donors (Lipinski definition) is 2. The monoisotopic (exact) mass is 292 g/mol. The Morgan fingerprint density at radius 2 is 2.38 bits per heavy atom. The van der Waals surface area contributed by atoms with Crippen molar-refractivity contribution in [2.75, 3.05) is 37.5 Å². The largest absolute Gasteiger partial charge is 0.398 e. The van der Waals surface area contributed by atoms with Gasteiger partial charge in [0.1, 0.15) is 0 Å². The molecule has 1 amide bonds. The van der Waals surface area contributed by atoms with Gasteiger partial charge in [-0.15, -0.1) is 0 Å². The van der Waals surface area contributed by atoms with Crippen molar-refractivity contribution in [3.63, 3.8) is 0 Å². The Morgan fingerprint density at radius 3 is 3.14 bits per heavy atom. The number of nitrogen functional groups attached to an aromatic ring is 1. The van der Waals surface area contributed by atoms with E-state index >= 15 is 0 Å². The van der Waals surface area contributed by atoms with Gasteiger partial charge in [-0.3, -0.25) is 4.79 Å². The van der Waals surface area contributed by atoms with Crippen LogP contribution in [0.4, 0.5) is 11.4 Å². The van der Waals surface area contributed by atoms with E-state index in [4.69, 9.17) is 15.2 Å². The molecule has 5 heteroatoms. The summed E-state index contributed by atoms with van der Waals surface area (Å²) in [5.41, 5.74) is 8.19. The molecular formula is C16H24N2O3. The highest BCUT2D eigenvalue weighted by Gasteiger charge is 2.15. The van der Waals surface area contributed by atoms with E-state index in [9.17, 15) is 4.79 Å². The van der Waals surface area contributed by atoms with E-state index in [0.29, 0.717) is 24.6 Å². The van der Waals surface area contributed by atoms with Crippen LogP contribution in [0.2, 0.25) is 0 Å². The summed E-state index contributed by atoms with van der Waals surface area (Å²) < 4.78 is 10.9. The Balaban J connectivity index is 1.62. The van der Waals surface area contributed by atoms with Crippen LogP contribution in [-0.4, -0.2) is 32.3 Å².